The van der Waals surface area contributed by atoms with E-state index in [1.54, 1.807) is 6.07 Å². The Morgan fingerprint density at radius 1 is 1.12 bits per heavy atom. The van der Waals surface area contributed by atoms with E-state index >= 15 is 0 Å². The lowest BCUT2D eigenvalue weighted by molar-refractivity contribution is -0.142. The van der Waals surface area contributed by atoms with Crippen molar-refractivity contribution < 1.29 is 27.5 Å². The summed E-state index contributed by atoms with van der Waals surface area (Å²) in [4.78, 5) is 23.0. The molecule has 1 fully saturated rings. The number of aliphatic carboxylic acids is 1. The van der Waals surface area contributed by atoms with E-state index in [1.165, 1.54) is 40.9 Å². The molecule has 138 valence electrons. The lowest BCUT2D eigenvalue weighted by atomic mass is 9.99. The fraction of sp³-hybridized carbons (Fsp3) is 0.294. The topological polar surface area (TPSA) is 117 Å². The molecular weight excluding hydrogens is 360 g/mol. The van der Waals surface area contributed by atoms with Crippen molar-refractivity contribution in [3.8, 4) is 0 Å². The van der Waals surface area contributed by atoms with Gasteiger partial charge < -0.3 is 14.8 Å². The minimum atomic E-state index is -3.69. The number of benzene rings is 1. The van der Waals surface area contributed by atoms with Gasteiger partial charge in [-0.05, 0) is 49.2 Å². The molecule has 0 bridgehead atoms. The van der Waals surface area contributed by atoms with Gasteiger partial charge in [-0.2, -0.15) is 4.31 Å². The van der Waals surface area contributed by atoms with Gasteiger partial charge >= 0.3 is 5.97 Å². The zero-order valence-electron chi connectivity index (χ0n) is 13.8. The fourth-order valence-electron chi connectivity index (χ4n) is 2.80. The predicted octanol–water partition coefficient (Wildman–Crippen LogP) is 2.02. The highest BCUT2D eigenvalue weighted by molar-refractivity contribution is 7.89. The van der Waals surface area contributed by atoms with Gasteiger partial charge in [-0.3, -0.25) is 9.59 Å². The van der Waals surface area contributed by atoms with Gasteiger partial charge in [0.05, 0.1) is 17.1 Å². The van der Waals surface area contributed by atoms with Crippen molar-refractivity contribution in [2.45, 2.75) is 17.7 Å². The summed E-state index contributed by atoms with van der Waals surface area (Å²) >= 11 is 0. The van der Waals surface area contributed by atoms with E-state index in [0.29, 0.717) is 18.5 Å². The third kappa shape index (κ3) is 3.78. The molecule has 3 rings (SSSR count). The van der Waals surface area contributed by atoms with E-state index < -0.39 is 27.8 Å². The van der Waals surface area contributed by atoms with Gasteiger partial charge in [0.25, 0.3) is 5.91 Å². The summed E-state index contributed by atoms with van der Waals surface area (Å²) in [7, 11) is -3.69. The normalized spacial score (nSPS) is 16.3. The fourth-order valence-corrected chi connectivity index (χ4v) is 4.27. The Morgan fingerprint density at radius 3 is 2.31 bits per heavy atom. The van der Waals surface area contributed by atoms with Gasteiger partial charge in [0.1, 0.15) is 0 Å². The average molecular weight is 378 g/mol. The molecule has 1 aromatic carbocycles. The molecule has 0 atom stereocenters. The smallest absolute Gasteiger partial charge is 0.306 e. The first-order valence-corrected chi connectivity index (χ1v) is 9.50. The van der Waals surface area contributed by atoms with Gasteiger partial charge in [-0.25, -0.2) is 8.42 Å². The lowest BCUT2D eigenvalue weighted by Crippen LogP contribution is -2.40. The number of piperidine rings is 1. The van der Waals surface area contributed by atoms with Crippen LogP contribution in [0.25, 0.3) is 0 Å². The molecule has 1 aliphatic heterocycles. The molecule has 2 N–H and O–H groups in total. The number of anilines is 1. The number of furan rings is 1. The number of hydrogen-bond acceptors (Lipinski definition) is 5. The number of carbonyl (C=O) groups is 2. The molecule has 1 saturated heterocycles. The van der Waals surface area contributed by atoms with Gasteiger partial charge in [-0.15, -0.1) is 0 Å². The molecule has 0 aliphatic carbocycles. The quantitative estimate of drug-likeness (QED) is 0.822. The van der Waals surface area contributed by atoms with E-state index in [4.69, 9.17) is 9.52 Å². The van der Waals surface area contributed by atoms with E-state index in [0.717, 1.165) is 0 Å². The number of sulfonamides is 1. The van der Waals surface area contributed by atoms with Crippen LogP contribution in [-0.2, 0) is 14.8 Å². The van der Waals surface area contributed by atoms with Crippen LogP contribution in [0.15, 0.2) is 52.0 Å². The maximum atomic E-state index is 12.7. The number of carboxylic acids is 1. The van der Waals surface area contributed by atoms with Crippen LogP contribution in [0.2, 0.25) is 0 Å². The largest absolute Gasteiger partial charge is 0.481 e. The summed E-state index contributed by atoms with van der Waals surface area (Å²) < 4.78 is 31.6. The summed E-state index contributed by atoms with van der Waals surface area (Å²) in [5.74, 6) is -1.66. The first kappa shape index (κ1) is 18.2. The molecule has 0 radical (unpaired) electrons. The number of rotatable bonds is 5. The SMILES string of the molecule is O=C(Nc1ccc(S(=O)(=O)N2CCC(C(=O)O)CC2)cc1)c1ccco1. The second-order valence-corrected chi connectivity index (χ2v) is 7.91. The number of amides is 1. The molecule has 2 heterocycles. The molecular formula is C17H18N2O6S. The van der Waals surface area contributed by atoms with Gasteiger partial charge in [0.15, 0.2) is 5.76 Å². The maximum absolute atomic E-state index is 12.7. The van der Waals surface area contributed by atoms with E-state index in [-0.39, 0.29) is 23.7 Å². The van der Waals surface area contributed by atoms with Crippen LogP contribution in [0.3, 0.4) is 0 Å². The van der Waals surface area contributed by atoms with Crippen LogP contribution in [0, 0.1) is 5.92 Å². The molecule has 1 aromatic heterocycles. The van der Waals surface area contributed by atoms with E-state index in [9.17, 15) is 18.0 Å². The summed E-state index contributed by atoms with van der Waals surface area (Å²) in [5, 5.41) is 11.6. The predicted molar refractivity (Wildman–Crippen MR) is 92.2 cm³/mol. The Hall–Kier alpha value is -2.65. The minimum absolute atomic E-state index is 0.0993. The summed E-state index contributed by atoms with van der Waals surface area (Å²) in [6.45, 7) is 0.354. The molecule has 2 aromatic rings. The summed E-state index contributed by atoms with van der Waals surface area (Å²) in [5.41, 5.74) is 0.440. The Bertz CT molecular complexity index is 882. The Balaban J connectivity index is 1.67. The Morgan fingerprint density at radius 2 is 1.77 bits per heavy atom. The monoisotopic (exact) mass is 378 g/mol. The highest BCUT2D eigenvalue weighted by Gasteiger charge is 2.31. The summed E-state index contributed by atoms with van der Waals surface area (Å²) in [6.07, 6.45) is 1.98. The molecule has 0 spiro atoms. The average Bonchev–Trinajstić information content (AvgIpc) is 3.17. The van der Waals surface area contributed by atoms with E-state index in [2.05, 4.69) is 5.32 Å². The highest BCUT2D eigenvalue weighted by atomic mass is 32.2. The first-order valence-electron chi connectivity index (χ1n) is 8.06. The number of carboxylic acid groups (broad SMARTS) is 1. The van der Waals surface area contributed by atoms with Crippen molar-refractivity contribution in [3.63, 3.8) is 0 Å². The molecule has 1 aliphatic rings. The third-order valence-corrected chi connectivity index (χ3v) is 6.21. The standard InChI is InChI=1S/C17H18N2O6S/c20-16(15-2-1-11-25-15)18-13-3-5-14(6-4-13)26(23,24)19-9-7-12(8-10-19)17(21)22/h1-6,11-12H,7-10H2,(H,18,20)(H,21,22). The Kier molecular flexibility index (Phi) is 5.10. The maximum Gasteiger partial charge on any atom is 0.306 e. The zero-order chi connectivity index (χ0) is 18.7. The molecule has 0 saturated carbocycles. The molecule has 9 heteroatoms. The van der Waals surface area contributed by atoms with Crippen LogP contribution in [0.5, 0.6) is 0 Å². The molecule has 8 nitrogen and oxygen atoms in total. The number of nitrogens with zero attached hydrogens (tertiary/aromatic N) is 1. The van der Waals surface area contributed by atoms with E-state index in [1.807, 2.05) is 0 Å². The van der Waals surface area contributed by atoms with Crippen molar-refractivity contribution in [1.29, 1.82) is 0 Å². The van der Waals surface area contributed by atoms with Gasteiger partial charge in [0.2, 0.25) is 10.0 Å². The van der Waals surface area contributed by atoms with Crippen LogP contribution in [0.4, 0.5) is 5.69 Å². The number of carbonyl (C=O) groups excluding carboxylic acids is 1. The Labute approximate surface area is 150 Å². The molecule has 1 amide bonds. The van der Waals surface area contributed by atoms with Crippen molar-refractivity contribution in [2.75, 3.05) is 18.4 Å². The van der Waals surface area contributed by atoms with Crippen LogP contribution >= 0.6 is 0 Å². The van der Waals surface area contributed by atoms with Gasteiger partial charge in [0, 0.05) is 18.8 Å². The van der Waals surface area contributed by atoms with Crippen LogP contribution in [0.1, 0.15) is 23.4 Å². The van der Waals surface area contributed by atoms with Crippen LogP contribution < -0.4 is 5.32 Å². The third-order valence-electron chi connectivity index (χ3n) is 4.30. The minimum Gasteiger partial charge on any atom is -0.481 e. The lowest BCUT2D eigenvalue weighted by Gasteiger charge is -2.29. The highest BCUT2D eigenvalue weighted by Crippen LogP contribution is 2.25. The number of nitrogens with one attached hydrogen (secondary N) is 1. The second kappa shape index (κ2) is 7.30. The van der Waals surface area contributed by atoms with Crippen LogP contribution in [-0.4, -0.2) is 42.8 Å². The first-order chi connectivity index (χ1) is 12.4. The van der Waals surface area contributed by atoms with Crippen molar-refractivity contribution >= 4 is 27.6 Å². The second-order valence-electron chi connectivity index (χ2n) is 5.97. The van der Waals surface area contributed by atoms with Crippen molar-refractivity contribution in [1.82, 2.24) is 4.31 Å². The molecule has 26 heavy (non-hydrogen) atoms. The summed E-state index contributed by atoms with van der Waals surface area (Å²) in [6, 6.07) is 8.94. The molecule has 0 unspecified atom stereocenters. The zero-order valence-corrected chi connectivity index (χ0v) is 14.6. The van der Waals surface area contributed by atoms with Gasteiger partial charge in [-0.1, -0.05) is 0 Å². The van der Waals surface area contributed by atoms with Crippen molar-refractivity contribution in [2.24, 2.45) is 5.92 Å². The number of hydrogen-bond donors (Lipinski definition) is 2. The van der Waals surface area contributed by atoms with Crippen molar-refractivity contribution in [3.05, 3.63) is 48.4 Å².